The first kappa shape index (κ1) is 23.4. The number of carboxylic acids is 1. The lowest BCUT2D eigenvalue weighted by atomic mass is 10.1. The summed E-state index contributed by atoms with van der Waals surface area (Å²) < 4.78 is 10.8. The first-order valence-corrected chi connectivity index (χ1v) is 10.5. The maximum Gasteiger partial charge on any atom is 0.339 e. The second-order valence-electron chi connectivity index (χ2n) is 7.29. The number of carbonyl (C=O) groups is 2. The molecule has 0 aromatic heterocycles. The molecule has 0 saturated heterocycles. The lowest BCUT2D eigenvalue weighted by Crippen LogP contribution is -2.03. The van der Waals surface area contributed by atoms with Crippen LogP contribution in [0.15, 0.2) is 67.3 Å². The number of hydrogen-bond donors (Lipinski definition) is 2. The minimum absolute atomic E-state index is 0.177. The van der Waals surface area contributed by atoms with E-state index in [0.717, 1.165) is 47.4 Å². The summed E-state index contributed by atoms with van der Waals surface area (Å²) in [6.45, 7) is 4.32. The normalized spacial score (nSPS) is 10.2. The van der Waals surface area contributed by atoms with Gasteiger partial charge in [0.25, 0.3) is 0 Å². The SMILES string of the molecule is C=CC(=O)OCCCCCOc1ccc2cc(C#Cc3ccc(O)c(C(=O)O)c3)ccc2c1. The molecule has 0 saturated carbocycles. The molecule has 3 aromatic carbocycles. The molecule has 2 N–H and O–H groups in total. The molecule has 0 amide bonds. The zero-order valence-corrected chi connectivity index (χ0v) is 18.0. The summed E-state index contributed by atoms with van der Waals surface area (Å²) in [5.74, 6) is 4.86. The van der Waals surface area contributed by atoms with Crippen molar-refractivity contribution in [1.82, 2.24) is 0 Å². The van der Waals surface area contributed by atoms with Crippen molar-refractivity contribution in [1.29, 1.82) is 0 Å². The van der Waals surface area contributed by atoms with E-state index in [1.165, 1.54) is 12.1 Å². The average Bonchev–Trinajstić information content (AvgIpc) is 2.82. The Morgan fingerprint density at radius 2 is 1.55 bits per heavy atom. The van der Waals surface area contributed by atoms with Gasteiger partial charge in [-0.25, -0.2) is 9.59 Å². The Kier molecular flexibility index (Phi) is 8.09. The number of carbonyl (C=O) groups excluding carboxylic acids is 1. The van der Waals surface area contributed by atoms with Crippen molar-refractivity contribution in [2.24, 2.45) is 0 Å². The third kappa shape index (κ3) is 6.88. The highest BCUT2D eigenvalue weighted by Crippen LogP contribution is 2.23. The molecule has 33 heavy (non-hydrogen) atoms. The number of phenols is 1. The van der Waals surface area contributed by atoms with Crippen molar-refractivity contribution in [2.45, 2.75) is 19.3 Å². The summed E-state index contributed by atoms with van der Waals surface area (Å²) >= 11 is 0. The Labute approximate surface area is 192 Å². The average molecular weight is 444 g/mol. The van der Waals surface area contributed by atoms with Crippen molar-refractivity contribution in [3.05, 3.63) is 83.9 Å². The third-order valence-corrected chi connectivity index (χ3v) is 4.86. The summed E-state index contributed by atoms with van der Waals surface area (Å²) in [6.07, 6.45) is 3.70. The van der Waals surface area contributed by atoms with E-state index >= 15 is 0 Å². The molecule has 3 aromatic rings. The van der Waals surface area contributed by atoms with Gasteiger partial charge >= 0.3 is 11.9 Å². The topological polar surface area (TPSA) is 93.1 Å². The molecule has 0 aliphatic heterocycles. The van der Waals surface area contributed by atoms with Crippen LogP contribution in [0.2, 0.25) is 0 Å². The minimum Gasteiger partial charge on any atom is -0.507 e. The molecule has 0 aliphatic carbocycles. The second-order valence-corrected chi connectivity index (χ2v) is 7.29. The predicted octanol–water partition coefficient (Wildman–Crippen LogP) is 4.92. The number of ether oxygens (including phenoxy) is 2. The molecule has 0 spiro atoms. The molecule has 0 fully saturated rings. The Hall–Kier alpha value is -4.24. The second kappa shape index (κ2) is 11.4. The van der Waals surface area contributed by atoms with Crippen LogP contribution in [0.1, 0.15) is 40.7 Å². The molecule has 0 radical (unpaired) electrons. The largest absolute Gasteiger partial charge is 0.507 e. The summed E-state index contributed by atoms with van der Waals surface area (Å²) in [7, 11) is 0. The van der Waals surface area contributed by atoms with Gasteiger partial charge in [0.15, 0.2) is 0 Å². The van der Waals surface area contributed by atoms with Gasteiger partial charge in [-0.1, -0.05) is 30.6 Å². The van der Waals surface area contributed by atoms with E-state index in [2.05, 4.69) is 18.4 Å². The molecule has 3 rings (SSSR count). The maximum atomic E-state index is 11.1. The van der Waals surface area contributed by atoms with Crippen LogP contribution < -0.4 is 4.74 Å². The summed E-state index contributed by atoms with van der Waals surface area (Å²) in [5.41, 5.74) is 1.12. The van der Waals surface area contributed by atoms with Crippen molar-refractivity contribution < 1.29 is 29.3 Å². The Bertz CT molecular complexity index is 1230. The number of esters is 1. The van der Waals surface area contributed by atoms with E-state index in [1.807, 2.05) is 36.4 Å². The van der Waals surface area contributed by atoms with Crippen LogP contribution in [0, 0.1) is 11.8 Å². The van der Waals surface area contributed by atoms with Crippen LogP contribution in [0.5, 0.6) is 11.5 Å². The molecule has 0 bridgehead atoms. The summed E-state index contributed by atoms with van der Waals surface area (Å²) in [6, 6.07) is 15.9. The van der Waals surface area contributed by atoms with Crippen LogP contribution in [0.4, 0.5) is 0 Å². The highest BCUT2D eigenvalue weighted by atomic mass is 16.5. The molecule has 0 heterocycles. The van der Waals surface area contributed by atoms with Crippen LogP contribution >= 0.6 is 0 Å². The first-order valence-electron chi connectivity index (χ1n) is 10.5. The predicted molar refractivity (Wildman–Crippen MR) is 125 cm³/mol. The van der Waals surface area contributed by atoms with E-state index in [1.54, 1.807) is 6.07 Å². The monoisotopic (exact) mass is 444 g/mol. The van der Waals surface area contributed by atoms with Crippen molar-refractivity contribution in [2.75, 3.05) is 13.2 Å². The molecule has 0 aliphatic rings. The van der Waals surface area contributed by atoms with Gasteiger partial charge in [-0.2, -0.15) is 0 Å². The number of carboxylic acid groups (broad SMARTS) is 1. The van der Waals surface area contributed by atoms with Crippen molar-refractivity contribution >= 4 is 22.7 Å². The quantitative estimate of drug-likeness (QED) is 0.211. The molecular weight excluding hydrogens is 420 g/mol. The smallest absolute Gasteiger partial charge is 0.339 e. The standard InChI is InChI=1S/C27H24O6/c1-2-26(29)33-15-5-3-4-14-32-23-12-11-21-16-19(8-10-22(21)18-23)6-7-20-9-13-25(28)24(17-20)27(30)31/h2,8-13,16-18,28H,1,3-5,14-15H2,(H,30,31). The van der Waals surface area contributed by atoms with Gasteiger partial charge in [-0.15, -0.1) is 0 Å². The minimum atomic E-state index is -1.20. The number of unbranched alkanes of at least 4 members (excludes halogenated alkanes) is 2. The van der Waals surface area contributed by atoms with Gasteiger partial charge < -0.3 is 19.7 Å². The van der Waals surface area contributed by atoms with Gasteiger partial charge in [0.05, 0.1) is 13.2 Å². The molecule has 0 unspecified atom stereocenters. The van der Waals surface area contributed by atoms with Crippen LogP contribution in [-0.4, -0.2) is 35.4 Å². The van der Waals surface area contributed by atoms with Gasteiger partial charge in [0.2, 0.25) is 0 Å². The van der Waals surface area contributed by atoms with Crippen LogP contribution in [-0.2, 0) is 9.53 Å². The van der Waals surface area contributed by atoms with E-state index < -0.39 is 11.9 Å². The van der Waals surface area contributed by atoms with Gasteiger partial charge in [0.1, 0.15) is 17.1 Å². The van der Waals surface area contributed by atoms with E-state index in [4.69, 9.17) is 14.6 Å². The maximum absolute atomic E-state index is 11.1. The Balaban J connectivity index is 1.56. The molecular formula is C27H24O6. The number of hydrogen-bond acceptors (Lipinski definition) is 5. The summed E-state index contributed by atoms with van der Waals surface area (Å²) in [4.78, 5) is 22.1. The highest BCUT2D eigenvalue weighted by molar-refractivity contribution is 5.91. The lowest BCUT2D eigenvalue weighted by Gasteiger charge is -2.08. The van der Waals surface area contributed by atoms with Crippen molar-refractivity contribution in [3.8, 4) is 23.3 Å². The van der Waals surface area contributed by atoms with Gasteiger partial charge in [-0.05, 0) is 72.5 Å². The van der Waals surface area contributed by atoms with Gasteiger partial charge in [-0.3, -0.25) is 0 Å². The highest BCUT2D eigenvalue weighted by Gasteiger charge is 2.09. The first-order chi connectivity index (χ1) is 16.0. The zero-order valence-electron chi connectivity index (χ0n) is 18.0. The van der Waals surface area contributed by atoms with E-state index in [9.17, 15) is 14.7 Å². The molecule has 168 valence electrons. The van der Waals surface area contributed by atoms with Crippen LogP contribution in [0.25, 0.3) is 10.8 Å². The molecule has 6 heteroatoms. The van der Waals surface area contributed by atoms with Crippen LogP contribution in [0.3, 0.4) is 0 Å². The number of benzene rings is 3. The Morgan fingerprint density at radius 1 is 0.879 bits per heavy atom. The van der Waals surface area contributed by atoms with Crippen molar-refractivity contribution in [3.63, 3.8) is 0 Å². The number of aromatic hydroxyl groups is 1. The fourth-order valence-electron chi connectivity index (χ4n) is 3.12. The third-order valence-electron chi connectivity index (χ3n) is 4.86. The fraction of sp³-hybridized carbons (Fsp3) is 0.185. The Morgan fingerprint density at radius 3 is 2.30 bits per heavy atom. The zero-order chi connectivity index (χ0) is 23.6. The lowest BCUT2D eigenvalue weighted by molar-refractivity contribution is -0.137. The van der Waals surface area contributed by atoms with E-state index in [-0.39, 0.29) is 11.3 Å². The molecule has 6 nitrogen and oxygen atoms in total. The van der Waals surface area contributed by atoms with E-state index in [0.29, 0.717) is 18.8 Å². The number of fused-ring (bicyclic) bond motifs is 1. The number of aromatic carboxylic acids is 1. The fourth-order valence-corrected chi connectivity index (χ4v) is 3.12. The van der Waals surface area contributed by atoms with Gasteiger partial charge in [0, 0.05) is 17.2 Å². The summed E-state index contributed by atoms with van der Waals surface area (Å²) in [5, 5.41) is 20.7. The molecule has 0 atom stereocenters. The number of rotatable bonds is 9.